The number of fused-ring (bicyclic) bond motifs is 1. The summed E-state index contributed by atoms with van der Waals surface area (Å²) in [5.41, 5.74) is 1.17. The van der Waals surface area contributed by atoms with Gasteiger partial charge in [-0.15, -0.1) is 0 Å². The van der Waals surface area contributed by atoms with Crippen molar-refractivity contribution in [2.45, 2.75) is 19.3 Å². The fourth-order valence-electron chi connectivity index (χ4n) is 2.48. The topological polar surface area (TPSA) is 101 Å². The summed E-state index contributed by atoms with van der Waals surface area (Å²) in [7, 11) is -3.66. The molecule has 0 spiro atoms. The number of pyridine rings is 1. The number of sulfonamides is 1. The molecule has 9 heteroatoms. The minimum Gasteiger partial charge on any atom is -0.283 e. The minimum absolute atomic E-state index is 0.123. The van der Waals surface area contributed by atoms with Crippen molar-refractivity contribution in [3.8, 4) is 0 Å². The zero-order valence-corrected chi connectivity index (χ0v) is 13.1. The van der Waals surface area contributed by atoms with Gasteiger partial charge in [-0.3, -0.25) is 19.2 Å². The molecule has 1 aliphatic heterocycles. The van der Waals surface area contributed by atoms with Gasteiger partial charge in [-0.25, -0.2) is 12.9 Å². The van der Waals surface area contributed by atoms with Crippen molar-refractivity contribution >= 4 is 33.0 Å². The molecular weight excluding hydrogens is 320 g/mol. The first-order valence-corrected chi connectivity index (χ1v) is 8.87. The lowest BCUT2D eigenvalue weighted by Gasteiger charge is -2.24. The smallest absolute Gasteiger partial charge is 0.234 e. The molecule has 2 amide bonds. The third kappa shape index (κ3) is 3.50. The predicted molar refractivity (Wildman–Crippen MR) is 83.2 cm³/mol. The molecule has 0 atom stereocenters. The Morgan fingerprint density at radius 2 is 1.91 bits per heavy atom. The number of piperidine rings is 1. The van der Waals surface area contributed by atoms with Gasteiger partial charge in [0.1, 0.15) is 0 Å². The number of likely N-dealkylation sites (tertiary alicyclic amines) is 1. The Hall–Kier alpha value is -2.42. The van der Waals surface area contributed by atoms with Crippen molar-refractivity contribution in [2.24, 2.45) is 0 Å². The number of nitrogens with one attached hydrogen (secondary N) is 1. The summed E-state index contributed by atoms with van der Waals surface area (Å²) in [5.74, 6) is -0.941. The van der Waals surface area contributed by atoms with Crippen LogP contribution in [0.5, 0.6) is 0 Å². The lowest BCUT2D eigenvalue weighted by molar-refractivity contribution is -0.147. The molecule has 1 fully saturated rings. The Morgan fingerprint density at radius 1 is 1.17 bits per heavy atom. The predicted octanol–water partition coefficient (Wildman–Crippen LogP) is 0.615. The molecule has 3 heterocycles. The number of hydrogen-bond donors (Lipinski definition) is 1. The molecule has 1 aliphatic rings. The van der Waals surface area contributed by atoms with Gasteiger partial charge in [0.25, 0.3) is 0 Å². The van der Waals surface area contributed by atoms with Crippen LogP contribution in [0.3, 0.4) is 0 Å². The van der Waals surface area contributed by atoms with Crippen molar-refractivity contribution in [1.29, 1.82) is 0 Å². The average Bonchev–Trinajstić information content (AvgIpc) is 2.93. The third-order valence-electron chi connectivity index (χ3n) is 3.64. The van der Waals surface area contributed by atoms with E-state index in [1.807, 2.05) is 0 Å². The molecule has 3 rings (SSSR count). The Bertz CT molecular complexity index is 843. The van der Waals surface area contributed by atoms with E-state index in [-0.39, 0.29) is 37.0 Å². The van der Waals surface area contributed by atoms with Crippen molar-refractivity contribution in [2.75, 3.05) is 17.0 Å². The van der Waals surface area contributed by atoms with Crippen molar-refractivity contribution in [3.05, 3.63) is 30.6 Å². The van der Waals surface area contributed by atoms with E-state index in [2.05, 4.69) is 9.82 Å². The van der Waals surface area contributed by atoms with Gasteiger partial charge in [0.15, 0.2) is 0 Å². The van der Waals surface area contributed by atoms with Crippen LogP contribution in [0.1, 0.15) is 19.3 Å². The molecule has 0 saturated carbocycles. The number of nitrogens with zero attached hydrogens (tertiary/aromatic N) is 3. The fourth-order valence-corrected chi connectivity index (χ4v) is 3.49. The minimum atomic E-state index is -3.66. The number of carbonyl (C=O) groups is 2. The zero-order chi connectivity index (χ0) is 16.4. The highest BCUT2D eigenvalue weighted by molar-refractivity contribution is 7.92. The van der Waals surface area contributed by atoms with Crippen LogP contribution in [0.25, 0.3) is 5.52 Å². The molecule has 2 aromatic rings. The van der Waals surface area contributed by atoms with Crippen molar-refractivity contribution in [1.82, 2.24) is 14.5 Å². The molecule has 1 N–H and O–H groups in total. The van der Waals surface area contributed by atoms with E-state index in [1.165, 1.54) is 0 Å². The highest BCUT2D eigenvalue weighted by atomic mass is 32.2. The number of aromatic nitrogens is 2. The van der Waals surface area contributed by atoms with E-state index in [9.17, 15) is 18.0 Å². The van der Waals surface area contributed by atoms with Crippen LogP contribution in [0.2, 0.25) is 0 Å². The third-order valence-corrected chi connectivity index (χ3v) is 4.91. The summed E-state index contributed by atoms with van der Waals surface area (Å²) in [6, 6.07) is 5.00. The standard InChI is InChI=1S/C14H16N4O4S/c19-13-2-1-3-14(20)17(13)8-9-23(21,22)16-11-5-7-18-12(10-11)4-6-15-18/h4-7,10,16H,1-3,8-9H2. The van der Waals surface area contributed by atoms with Gasteiger partial charge < -0.3 is 0 Å². The summed E-state index contributed by atoms with van der Waals surface area (Å²) >= 11 is 0. The maximum atomic E-state index is 12.1. The number of anilines is 1. The molecule has 0 unspecified atom stereocenters. The van der Waals surface area contributed by atoms with Crippen molar-refractivity contribution in [3.63, 3.8) is 0 Å². The van der Waals surface area contributed by atoms with E-state index >= 15 is 0 Å². The van der Waals surface area contributed by atoms with Crippen LogP contribution in [-0.2, 0) is 19.6 Å². The lowest BCUT2D eigenvalue weighted by Crippen LogP contribution is -2.43. The maximum Gasteiger partial charge on any atom is 0.234 e. The van der Waals surface area contributed by atoms with Gasteiger partial charge in [-0.05, 0) is 24.6 Å². The van der Waals surface area contributed by atoms with E-state index in [0.29, 0.717) is 12.1 Å². The molecule has 1 saturated heterocycles. The van der Waals surface area contributed by atoms with Crippen molar-refractivity contribution < 1.29 is 18.0 Å². The lowest BCUT2D eigenvalue weighted by atomic mass is 10.1. The Labute approximate surface area is 133 Å². The van der Waals surface area contributed by atoms with E-state index in [4.69, 9.17) is 0 Å². The number of hydrogen-bond acceptors (Lipinski definition) is 5. The molecule has 8 nitrogen and oxygen atoms in total. The first-order chi connectivity index (χ1) is 10.9. The summed E-state index contributed by atoms with van der Waals surface area (Å²) in [6.07, 6.45) is 4.37. The van der Waals surface area contributed by atoms with Gasteiger partial charge in [0, 0.05) is 31.8 Å². The SMILES string of the molecule is O=C1CCCC(=O)N1CCS(=O)(=O)Nc1ccn2nccc2c1. The number of amides is 2. The normalized spacial score (nSPS) is 16.1. The Kier molecular flexibility index (Phi) is 4.03. The Balaban J connectivity index is 1.66. The molecular formula is C14H16N4O4S. The van der Waals surface area contributed by atoms with Gasteiger partial charge in [-0.2, -0.15) is 5.10 Å². The average molecular weight is 336 g/mol. The second kappa shape index (κ2) is 5.99. The number of rotatable bonds is 5. The fraction of sp³-hybridized carbons (Fsp3) is 0.357. The monoisotopic (exact) mass is 336 g/mol. The van der Waals surface area contributed by atoms with Crippen LogP contribution in [0.15, 0.2) is 30.6 Å². The van der Waals surface area contributed by atoms with Crippen LogP contribution in [-0.4, -0.2) is 47.0 Å². The molecule has 23 heavy (non-hydrogen) atoms. The second-order valence-corrected chi connectivity index (χ2v) is 7.17. The molecule has 0 radical (unpaired) electrons. The second-order valence-electron chi connectivity index (χ2n) is 5.33. The Morgan fingerprint density at radius 3 is 2.65 bits per heavy atom. The summed E-state index contributed by atoms with van der Waals surface area (Å²) in [5, 5.41) is 4.03. The van der Waals surface area contributed by atoms with Gasteiger partial charge in [-0.1, -0.05) is 0 Å². The van der Waals surface area contributed by atoms with Gasteiger partial charge >= 0.3 is 0 Å². The highest BCUT2D eigenvalue weighted by Gasteiger charge is 2.27. The van der Waals surface area contributed by atoms with E-state index in [0.717, 1.165) is 10.4 Å². The van der Waals surface area contributed by atoms with Crippen LogP contribution < -0.4 is 4.72 Å². The van der Waals surface area contributed by atoms with E-state index < -0.39 is 10.0 Å². The quantitative estimate of drug-likeness (QED) is 0.807. The molecule has 0 bridgehead atoms. The number of carbonyl (C=O) groups excluding carboxylic acids is 2. The summed E-state index contributed by atoms with van der Waals surface area (Å²) in [6.45, 7) is -0.123. The first kappa shape index (κ1) is 15.5. The van der Waals surface area contributed by atoms with E-state index in [1.54, 1.807) is 35.1 Å². The van der Waals surface area contributed by atoms with Crippen LogP contribution in [0, 0.1) is 0 Å². The molecule has 2 aromatic heterocycles. The summed E-state index contributed by atoms with van der Waals surface area (Å²) < 4.78 is 28.4. The van der Waals surface area contributed by atoms with Gasteiger partial charge in [0.05, 0.1) is 17.0 Å². The first-order valence-electron chi connectivity index (χ1n) is 7.22. The highest BCUT2D eigenvalue weighted by Crippen LogP contribution is 2.15. The summed E-state index contributed by atoms with van der Waals surface area (Å²) in [4.78, 5) is 24.4. The molecule has 0 aliphatic carbocycles. The van der Waals surface area contributed by atoms with Crippen LogP contribution >= 0.6 is 0 Å². The number of imide groups is 1. The largest absolute Gasteiger partial charge is 0.283 e. The zero-order valence-electron chi connectivity index (χ0n) is 12.3. The molecule has 0 aromatic carbocycles. The van der Waals surface area contributed by atoms with Crippen LogP contribution in [0.4, 0.5) is 5.69 Å². The molecule has 122 valence electrons. The van der Waals surface area contributed by atoms with Gasteiger partial charge in [0.2, 0.25) is 21.8 Å². The maximum absolute atomic E-state index is 12.1.